The quantitative estimate of drug-likeness (QED) is 0.283. The number of aromatic nitrogens is 1. The fourth-order valence-corrected chi connectivity index (χ4v) is 4.91. The Morgan fingerprint density at radius 1 is 0.647 bits per heavy atom. The van der Waals surface area contributed by atoms with Crippen molar-refractivity contribution in [3.05, 3.63) is 89.1 Å². The molecule has 4 rings (SSSR count). The number of pyridine rings is 1. The van der Waals surface area contributed by atoms with Crippen LogP contribution in [0.2, 0.25) is 0 Å². The van der Waals surface area contributed by atoms with Gasteiger partial charge in [-0.1, -0.05) is 68.5 Å². The number of fused-ring (bicyclic) bond motifs is 2. The van der Waals surface area contributed by atoms with Crippen LogP contribution >= 0.6 is 0 Å². The van der Waals surface area contributed by atoms with Crippen molar-refractivity contribution in [1.29, 1.82) is 0 Å². The number of rotatable bonds is 11. The normalized spacial score (nSPS) is 13.2. The number of para-hydroxylation sites is 1. The Hall–Kier alpha value is -2.59. The van der Waals surface area contributed by atoms with Crippen molar-refractivity contribution in [2.45, 2.75) is 71.3 Å². The Balaban J connectivity index is 0.00000324. The van der Waals surface area contributed by atoms with Gasteiger partial charge in [0, 0.05) is 46.2 Å². The van der Waals surface area contributed by atoms with Crippen LogP contribution in [0.3, 0.4) is 0 Å². The molecule has 1 aromatic heterocycles. The van der Waals surface area contributed by atoms with Crippen LogP contribution in [0.15, 0.2) is 78.0 Å². The number of carbonyl (C=O) groups excluding carboxylic acids is 2. The van der Waals surface area contributed by atoms with Crippen molar-refractivity contribution in [3.63, 3.8) is 0 Å². The summed E-state index contributed by atoms with van der Waals surface area (Å²) >= 11 is 0. The van der Waals surface area contributed by atoms with Gasteiger partial charge in [-0.3, -0.25) is 9.59 Å². The Bertz CT molecular complexity index is 1180. The average Bonchev–Trinajstić information content (AvgIpc) is 2.85. The second kappa shape index (κ2) is 12.8. The summed E-state index contributed by atoms with van der Waals surface area (Å²) < 4.78 is 2.36. The molecule has 4 heteroatoms. The predicted molar refractivity (Wildman–Crippen MR) is 133 cm³/mol. The van der Waals surface area contributed by atoms with E-state index < -0.39 is 0 Å². The van der Waals surface area contributed by atoms with E-state index in [1.165, 1.54) is 49.4 Å². The zero-order chi connectivity index (χ0) is 23.0. The third-order valence-electron chi connectivity index (χ3n) is 6.85. The number of aryl methyl sites for hydroxylation is 1. The number of Topliss-reactive ketones (excluding diaryl/α,β-unsaturated/α-hetero) is 2. The Morgan fingerprint density at radius 2 is 1.21 bits per heavy atom. The van der Waals surface area contributed by atoms with Gasteiger partial charge >= 0.3 is 0 Å². The SMILES string of the molecule is CC1=C(CCCCCCCCCC[n+]2cccc3ccccc32)C(=O)c2ccccc2C1=O.[Br-]. The molecule has 1 heterocycles. The second-order valence-electron chi connectivity index (χ2n) is 9.15. The smallest absolute Gasteiger partial charge is 0.212 e. The molecule has 1 aliphatic carbocycles. The first-order valence-corrected chi connectivity index (χ1v) is 12.4. The average molecular weight is 521 g/mol. The van der Waals surface area contributed by atoms with Gasteiger partial charge in [-0.2, -0.15) is 4.57 Å². The molecule has 0 fully saturated rings. The standard InChI is InChI=1S/C30H34NO2.BrH/c1-23-25(30(33)27-19-11-10-18-26(27)29(23)32)17-8-6-4-2-3-5-7-13-21-31-22-14-16-24-15-9-12-20-28(24)31;/h9-12,14-16,18-20,22H,2-8,13,17,21H2,1H3;1H/q+1;/p-1. The summed E-state index contributed by atoms with van der Waals surface area (Å²) in [4.78, 5) is 25.4. The summed E-state index contributed by atoms with van der Waals surface area (Å²) in [6.45, 7) is 2.88. The van der Waals surface area contributed by atoms with Crippen molar-refractivity contribution in [2.75, 3.05) is 0 Å². The van der Waals surface area contributed by atoms with E-state index in [1.807, 2.05) is 19.1 Å². The minimum absolute atomic E-state index is 0. The van der Waals surface area contributed by atoms with Gasteiger partial charge in [-0.25, -0.2) is 0 Å². The molecule has 2 aromatic carbocycles. The van der Waals surface area contributed by atoms with Crippen LogP contribution in [0.5, 0.6) is 0 Å². The van der Waals surface area contributed by atoms with Gasteiger partial charge in [0.2, 0.25) is 5.52 Å². The van der Waals surface area contributed by atoms with Crippen LogP contribution in [-0.2, 0) is 6.54 Å². The molecular formula is C30H34BrNO2. The van der Waals surface area contributed by atoms with Crippen molar-refractivity contribution in [3.8, 4) is 0 Å². The van der Waals surface area contributed by atoms with Crippen LogP contribution in [0, 0.1) is 0 Å². The molecule has 3 aromatic rings. The zero-order valence-corrected chi connectivity index (χ0v) is 21.6. The lowest BCUT2D eigenvalue weighted by Gasteiger charge is -2.18. The number of unbranched alkanes of at least 4 members (excludes halogenated alkanes) is 7. The largest absolute Gasteiger partial charge is 1.00 e. The number of benzene rings is 2. The Morgan fingerprint density at radius 3 is 1.94 bits per heavy atom. The summed E-state index contributed by atoms with van der Waals surface area (Å²) in [5.41, 5.74) is 3.81. The maximum atomic E-state index is 12.8. The highest BCUT2D eigenvalue weighted by atomic mass is 79.9. The number of ketones is 2. The lowest BCUT2D eigenvalue weighted by Crippen LogP contribution is -3.00. The van der Waals surface area contributed by atoms with E-state index in [1.54, 1.807) is 12.1 Å². The number of halogens is 1. The Labute approximate surface area is 213 Å². The summed E-state index contributed by atoms with van der Waals surface area (Å²) in [6.07, 6.45) is 12.5. The van der Waals surface area contributed by atoms with Crippen molar-refractivity contribution < 1.29 is 31.1 Å². The molecule has 178 valence electrons. The van der Waals surface area contributed by atoms with Crippen LogP contribution in [-0.4, -0.2) is 11.6 Å². The predicted octanol–water partition coefficient (Wildman–Crippen LogP) is 4.04. The first-order chi connectivity index (χ1) is 16.2. The molecule has 0 N–H and O–H groups in total. The topological polar surface area (TPSA) is 38.0 Å². The van der Waals surface area contributed by atoms with Gasteiger partial charge in [0.1, 0.15) is 6.54 Å². The van der Waals surface area contributed by atoms with E-state index in [-0.39, 0.29) is 28.5 Å². The van der Waals surface area contributed by atoms with Gasteiger partial charge in [-0.15, -0.1) is 0 Å². The molecule has 0 saturated heterocycles. The maximum Gasteiger partial charge on any atom is 0.212 e. The Kier molecular flexibility index (Phi) is 9.76. The molecule has 0 amide bonds. The van der Waals surface area contributed by atoms with Crippen molar-refractivity contribution in [1.82, 2.24) is 0 Å². The first-order valence-electron chi connectivity index (χ1n) is 12.4. The molecule has 0 bridgehead atoms. The maximum absolute atomic E-state index is 12.8. The van der Waals surface area contributed by atoms with Crippen LogP contribution < -0.4 is 21.5 Å². The van der Waals surface area contributed by atoms with E-state index in [2.05, 4.69) is 47.2 Å². The fourth-order valence-electron chi connectivity index (χ4n) is 4.91. The van der Waals surface area contributed by atoms with E-state index in [9.17, 15) is 9.59 Å². The fraction of sp³-hybridized carbons (Fsp3) is 0.367. The summed E-state index contributed by atoms with van der Waals surface area (Å²) in [5.74, 6) is 0.0635. The lowest BCUT2D eigenvalue weighted by atomic mass is 9.82. The second-order valence-corrected chi connectivity index (χ2v) is 9.15. The molecule has 34 heavy (non-hydrogen) atoms. The monoisotopic (exact) mass is 519 g/mol. The van der Waals surface area contributed by atoms with E-state index in [0.717, 1.165) is 25.0 Å². The number of hydrogen-bond acceptors (Lipinski definition) is 2. The molecule has 0 aliphatic heterocycles. The molecule has 0 radical (unpaired) electrons. The number of nitrogens with zero attached hydrogens (tertiary/aromatic N) is 1. The van der Waals surface area contributed by atoms with E-state index >= 15 is 0 Å². The number of allylic oxidation sites excluding steroid dienone is 2. The molecule has 3 nitrogen and oxygen atoms in total. The van der Waals surface area contributed by atoms with Crippen LogP contribution in [0.4, 0.5) is 0 Å². The molecule has 0 spiro atoms. The highest BCUT2D eigenvalue weighted by molar-refractivity contribution is 6.26. The third kappa shape index (κ3) is 6.09. The van der Waals surface area contributed by atoms with Gasteiger partial charge < -0.3 is 17.0 Å². The minimum Gasteiger partial charge on any atom is -1.00 e. The van der Waals surface area contributed by atoms with Crippen LogP contribution in [0.1, 0.15) is 85.4 Å². The number of hydrogen-bond donors (Lipinski definition) is 0. The molecule has 1 aliphatic rings. The highest BCUT2D eigenvalue weighted by Gasteiger charge is 2.28. The highest BCUT2D eigenvalue weighted by Crippen LogP contribution is 2.29. The van der Waals surface area contributed by atoms with E-state index in [4.69, 9.17) is 0 Å². The molecule has 0 atom stereocenters. The van der Waals surface area contributed by atoms with Crippen molar-refractivity contribution in [2.24, 2.45) is 0 Å². The summed E-state index contributed by atoms with van der Waals surface area (Å²) in [5, 5.41) is 1.30. The van der Waals surface area contributed by atoms with Crippen LogP contribution in [0.25, 0.3) is 10.9 Å². The number of carbonyl (C=O) groups is 2. The van der Waals surface area contributed by atoms with Gasteiger partial charge in [0.05, 0.1) is 0 Å². The lowest BCUT2D eigenvalue weighted by molar-refractivity contribution is -0.671. The van der Waals surface area contributed by atoms with Crippen molar-refractivity contribution >= 4 is 22.5 Å². The zero-order valence-electron chi connectivity index (χ0n) is 20.1. The molecular weight excluding hydrogens is 486 g/mol. The minimum atomic E-state index is 0. The summed E-state index contributed by atoms with van der Waals surface area (Å²) in [6, 6.07) is 20.1. The first kappa shape index (κ1) is 26.0. The molecule has 0 unspecified atom stereocenters. The van der Waals surface area contributed by atoms with Gasteiger partial charge in [0.15, 0.2) is 17.8 Å². The van der Waals surface area contributed by atoms with Gasteiger partial charge in [-0.05, 0) is 38.3 Å². The van der Waals surface area contributed by atoms with Gasteiger partial charge in [0.25, 0.3) is 0 Å². The third-order valence-corrected chi connectivity index (χ3v) is 6.85. The molecule has 0 saturated carbocycles. The van der Waals surface area contributed by atoms with E-state index in [0.29, 0.717) is 23.1 Å². The summed E-state index contributed by atoms with van der Waals surface area (Å²) in [7, 11) is 0.